The second-order valence-electron chi connectivity index (χ2n) is 12.2. The summed E-state index contributed by atoms with van der Waals surface area (Å²) in [6.45, 7) is 10.9. The first-order valence-corrected chi connectivity index (χ1v) is 18.2. The van der Waals surface area contributed by atoms with Crippen molar-refractivity contribution >= 4 is 37.1 Å². The second-order valence-corrected chi connectivity index (χ2v) is 16.4. The zero-order valence-corrected chi connectivity index (χ0v) is 29.0. The minimum absolute atomic E-state index is 0.0912. The van der Waals surface area contributed by atoms with Gasteiger partial charge in [-0.15, -0.1) is 0 Å². The van der Waals surface area contributed by atoms with Gasteiger partial charge >= 0.3 is 38.8 Å². The number of hydrogen-bond acceptors (Lipinski definition) is 2. The van der Waals surface area contributed by atoms with Crippen molar-refractivity contribution in [3.8, 4) is 11.1 Å². The van der Waals surface area contributed by atoms with Gasteiger partial charge in [0, 0.05) is 19.6 Å². The van der Waals surface area contributed by atoms with Crippen LogP contribution in [0.25, 0.3) is 11.1 Å². The van der Waals surface area contributed by atoms with Gasteiger partial charge in [-0.3, -0.25) is 4.79 Å². The molecule has 0 aliphatic carbocycles. The van der Waals surface area contributed by atoms with E-state index in [0.717, 1.165) is 16.0 Å². The summed E-state index contributed by atoms with van der Waals surface area (Å²) in [4.78, 5) is 15.7. The van der Waals surface area contributed by atoms with E-state index in [9.17, 15) is 30.0 Å². The molecule has 0 heterocycles. The summed E-state index contributed by atoms with van der Waals surface area (Å²) < 4.78 is 59.2. The van der Waals surface area contributed by atoms with Gasteiger partial charge in [-0.25, -0.2) is 0 Å². The van der Waals surface area contributed by atoms with Crippen LogP contribution in [0.2, 0.25) is 0 Å². The Kier molecular flexibility index (Phi) is 10.2. The molecule has 0 spiro atoms. The summed E-state index contributed by atoms with van der Waals surface area (Å²) >= 11 is 3.54. The van der Waals surface area contributed by atoms with Crippen LogP contribution in [0.5, 0.6) is 0 Å². The fourth-order valence-electron chi connectivity index (χ4n) is 4.51. The molecular formula is C37H35F6OPS2. The van der Waals surface area contributed by atoms with E-state index in [0.29, 0.717) is 5.78 Å². The molecule has 5 rings (SSSR count). The number of ketones is 1. The van der Waals surface area contributed by atoms with Crippen LogP contribution in [-0.2, 0) is 5.41 Å². The zero-order valence-electron chi connectivity index (χ0n) is 26.4. The Morgan fingerprint density at radius 3 is 1.45 bits per heavy atom. The third-order valence-electron chi connectivity index (χ3n) is 6.94. The standard InChI is InChI=1S/C37H34OS2.F6P/c1-25-6-17-33(18-7-25)40-35-23-8-26(2)24-34(35)27-11-19-31(20-12-27)39-32-21-13-29(14-22-32)36(38)28-9-15-30(16-10-28)37(3,4)5;1-7(2,3,4,5)6/h6-24H,1-5H3;/q;-1/p+1. The Morgan fingerprint density at radius 2 is 0.957 bits per heavy atom. The first kappa shape index (κ1) is 36.3. The van der Waals surface area contributed by atoms with E-state index in [4.69, 9.17) is 0 Å². The molecule has 0 aliphatic rings. The van der Waals surface area contributed by atoms with Crippen LogP contribution in [0, 0.1) is 13.8 Å². The van der Waals surface area contributed by atoms with E-state index in [1.165, 1.54) is 42.5 Å². The molecule has 47 heavy (non-hydrogen) atoms. The van der Waals surface area contributed by atoms with Gasteiger partial charge in [-0.1, -0.05) is 104 Å². The Bertz CT molecular complexity index is 1840. The Morgan fingerprint density at radius 1 is 0.553 bits per heavy atom. The average Bonchev–Trinajstić information content (AvgIpc) is 2.98. The third-order valence-corrected chi connectivity index (χ3v) is 9.04. The molecule has 5 aromatic rings. The molecule has 0 amide bonds. The van der Waals surface area contributed by atoms with Gasteiger partial charge in [0.2, 0.25) is 0 Å². The summed E-state index contributed by atoms with van der Waals surface area (Å²) in [6, 6.07) is 40.5. The molecule has 10 heteroatoms. The molecule has 0 aromatic heterocycles. The van der Waals surface area contributed by atoms with Crippen LogP contribution in [-0.4, -0.2) is 10.6 Å². The number of hydrogen-bond donors (Lipinski definition) is 0. The van der Waals surface area contributed by atoms with Crippen LogP contribution in [0.4, 0.5) is 25.2 Å². The van der Waals surface area contributed by atoms with Crippen molar-refractivity contribution in [2.75, 3.05) is 0 Å². The average molecular weight is 705 g/mol. The number of aryl methyl sites for hydroxylation is 2. The predicted octanol–water partition coefficient (Wildman–Crippen LogP) is 13.9. The van der Waals surface area contributed by atoms with Crippen molar-refractivity contribution < 1.29 is 30.0 Å². The van der Waals surface area contributed by atoms with Crippen molar-refractivity contribution in [3.05, 3.63) is 143 Å². The molecule has 0 bridgehead atoms. The van der Waals surface area contributed by atoms with Crippen LogP contribution in [0.15, 0.2) is 135 Å². The van der Waals surface area contributed by atoms with E-state index < -0.39 is 7.81 Å². The molecule has 0 saturated carbocycles. The maximum atomic E-state index is 10.9. The monoisotopic (exact) mass is 704 g/mol. The first-order chi connectivity index (χ1) is 21.6. The molecule has 1 N–H and O–H groups in total. The fraction of sp³-hybridized carbons (Fsp3) is 0.162. The van der Waals surface area contributed by atoms with E-state index in [1.54, 1.807) is 11.8 Å². The molecule has 0 radical (unpaired) electrons. The zero-order chi connectivity index (χ0) is 34.7. The van der Waals surface area contributed by atoms with Crippen molar-refractivity contribution in [2.45, 2.75) is 59.6 Å². The van der Waals surface area contributed by atoms with Crippen LogP contribution >= 0.6 is 31.3 Å². The summed E-state index contributed by atoms with van der Waals surface area (Å²) in [5.41, 5.74) is 8.01. The van der Waals surface area contributed by atoms with Gasteiger partial charge in [0.15, 0.2) is 0 Å². The van der Waals surface area contributed by atoms with Gasteiger partial charge < -0.3 is 0 Å². The molecule has 0 unspecified atom stereocenters. The molecular weight excluding hydrogens is 670 g/mol. The van der Waals surface area contributed by atoms with Crippen LogP contribution in [0.1, 0.15) is 48.6 Å². The predicted molar refractivity (Wildman–Crippen MR) is 186 cm³/mol. The molecule has 0 saturated heterocycles. The second kappa shape index (κ2) is 13.2. The van der Waals surface area contributed by atoms with Crippen molar-refractivity contribution in [1.29, 1.82) is 0 Å². The summed E-state index contributed by atoms with van der Waals surface area (Å²) in [7, 11) is -10.7. The van der Waals surface area contributed by atoms with Crippen molar-refractivity contribution in [1.82, 2.24) is 0 Å². The first-order valence-electron chi connectivity index (χ1n) is 14.6. The number of rotatable bonds is 7. The van der Waals surface area contributed by atoms with Gasteiger partial charge in [-0.05, 0) is 103 Å². The molecule has 0 atom stereocenters. The molecule has 0 fully saturated rings. The number of carbonyl (C=O) groups excluding carboxylic acids is 1. The number of halogens is 6. The SMILES string of the molecule is Cc1ccc(Sc2ccc(C)cc2-c2ccc(Sc3ccc(C(=[OH+])c4ccc(C(C)(C)C)cc4)cc3)cc2)cc1.F[P-](F)(F)(F)(F)F. The van der Waals surface area contributed by atoms with E-state index in [2.05, 4.69) is 126 Å². The topological polar surface area (TPSA) is 21.4 Å². The molecule has 5 aromatic carbocycles. The van der Waals surface area contributed by atoms with E-state index >= 15 is 0 Å². The number of benzene rings is 5. The summed E-state index contributed by atoms with van der Waals surface area (Å²) in [6.07, 6.45) is 0. The summed E-state index contributed by atoms with van der Waals surface area (Å²) in [5, 5.41) is 0. The van der Waals surface area contributed by atoms with E-state index in [-0.39, 0.29) is 5.41 Å². The maximum absolute atomic E-state index is 10.9. The summed E-state index contributed by atoms with van der Waals surface area (Å²) in [5.74, 6) is 0.304. The fourth-order valence-corrected chi connectivity index (χ4v) is 6.27. The molecule has 0 aliphatic heterocycles. The van der Waals surface area contributed by atoms with Gasteiger partial charge in [0.1, 0.15) is 0 Å². The van der Waals surface area contributed by atoms with Gasteiger partial charge in [-0.2, -0.15) is 0 Å². The van der Waals surface area contributed by atoms with Gasteiger partial charge in [0.05, 0.1) is 11.1 Å². The Hall–Kier alpha value is -3.52. The van der Waals surface area contributed by atoms with Crippen molar-refractivity contribution in [2.24, 2.45) is 0 Å². The van der Waals surface area contributed by atoms with Crippen molar-refractivity contribution in [3.63, 3.8) is 0 Å². The molecule has 1 nitrogen and oxygen atoms in total. The molecule has 248 valence electrons. The minimum atomic E-state index is -10.7. The Balaban J connectivity index is 0.000000644. The van der Waals surface area contributed by atoms with Crippen LogP contribution < -0.4 is 0 Å². The third kappa shape index (κ3) is 12.2. The van der Waals surface area contributed by atoms with E-state index in [1.807, 2.05) is 36.0 Å². The van der Waals surface area contributed by atoms with Crippen LogP contribution in [0.3, 0.4) is 0 Å². The Labute approximate surface area is 280 Å². The van der Waals surface area contributed by atoms with Gasteiger partial charge in [0.25, 0.3) is 0 Å². The quantitative estimate of drug-likeness (QED) is 0.0728. The normalized spacial score (nSPS) is 13.2.